The third-order valence-corrected chi connectivity index (χ3v) is 3.89. The van der Waals surface area contributed by atoms with Crippen LogP contribution in [0.3, 0.4) is 0 Å². The van der Waals surface area contributed by atoms with Crippen molar-refractivity contribution in [1.29, 1.82) is 0 Å². The summed E-state index contributed by atoms with van der Waals surface area (Å²) in [6.07, 6.45) is 0.826. The minimum atomic E-state index is 0. The number of hydrogen-bond acceptors (Lipinski definition) is 3. The average Bonchev–Trinajstić information content (AvgIpc) is 2.83. The van der Waals surface area contributed by atoms with Crippen LogP contribution < -0.4 is 15.8 Å². The zero-order valence-corrected chi connectivity index (χ0v) is 17.2. The van der Waals surface area contributed by atoms with Crippen LogP contribution in [0, 0.1) is 13.8 Å². The Balaban J connectivity index is 0.00000288. The Morgan fingerprint density at radius 2 is 2.04 bits per heavy atom. The monoisotopic (exact) mass is 443 g/mol. The lowest BCUT2D eigenvalue weighted by Crippen LogP contribution is -2.22. The first-order valence-corrected chi connectivity index (χ1v) is 7.69. The van der Waals surface area contributed by atoms with E-state index >= 15 is 0 Å². The first kappa shape index (κ1) is 20.3. The second kappa shape index (κ2) is 8.91. The molecule has 2 aromatic rings. The number of nitrogens with one attached hydrogen (secondary N) is 1. The lowest BCUT2D eigenvalue weighted by atomic mass is 10.1. The molecule has 1 aromatic carbocycles. The van der Waals surface area contributed by atoms with Gasteiger partial charge in [-0.1, -0.05) is 13.0 Å². The number of halogens is 1. The minimum absolute atomic E-state index is 0. The van der Waals surface area contributed by atoms with Gasteiger partial charge in [0.2, 0.25) is 5.88 Å². The Morgan fingerprint density at radius 1 is 1.33 bits per heavy atom. The molecule has 0 fully saturated rings. The predicted molar refractivity (Wildman–Crippen MR) is 109 cm³/mol. The summed E-state index contributed by atoms with van der Waals surface area (Å²) in [6, 6.07) is 6.11. The van der Waals surface area contributed by atoms with Crippen molar-refractivity contribution >= 4 is 35.6 Å². The van der Waals surface area contributed by atoms with Crippen molar-refractivity contribution in [3.63, 3.8) is 0 Å². The lowest BCUT2D eigenvalue weighted by molar-refractivity contribution is 0.369. The van der Waals surface area contributed by atoms with Gasteiger partial charge in [0.15, 0.2) is 5.96 Å². The van der Waals surface area contributed by atoms with Gasteiger partial charge < -0.3 is 15.8 Å². The van der Waals surface area contributed by atoms with E-state index in [4.69, 9.17) is 10.5 Å². The number of benzene rings is 1. The van der Waals surface area contributed by atoms with Gasteiger partial charge in [-0.3, -0.25) is 0 Å². The maximum atomic E-state index is 6.00. The van der Waals surface area contributed by atoms with Gasteiger partial charge in [0.1, 0.15) is 0 Å². The second-order valence-corrected chi connectivity index (χ2v) is 5.54. The summed E-state index contributed by atoms with van der Waals surface area (Å²) < 4.78 is 7.14. The summed E-state index contributed by atoms with van der Waals surface area (Å²) >= 11 is 0. The number of guanidine groups is 1. The number of rotatable bonds is 5. The van der Waals surface area contributed by atoms with E-state index in [-0.39, 0.29) is 24.0 Å². The largest absolute Gasteiger partial charge is 0.481 e. The van der Waals surface area contributed by atoms with Crippen LogP contribution in [-0.2, 0) is 20.0 Å². The Kier molecular flexibility index (Phi) is 7.53. The summed E-state index contributed by atoms with van der Waals surface area (Å²) in [5.41, 5.74) is 11.4. The molecule has 0 saturated heterocycles. The zero-order chi connectivity index (χ0) is 17.0. The summed E-state index contributed by atoms with van der Waals surface area (Å²) in [6.45, 7) is 6.65. The van der Waals surface area contributed by atoms with E-state index in [9.17, 15) is 0 Å². The van der Waals surface area contributed by atoms with Crippen LogP contribution >= 0.6 is 24.0 Å². The van der Waals surface area contributed by atoms with Gasteiger partial charge in [-0.25, -0.2) is 9.67 Å². The summed E-state index contributed by atoms with van der Waals surface area (Å²) in [7, 11) is 3.50. The number of nitrogens with zero attached hydrogens (tertiary/aromatic N) is 3. The van der Waals surface area contributed by atoms with E-state index in [2.05, 4.69) is 48.3 Å². The second-order valence-electron chi connectivity index (χ2n) is 5.54. The molecular formula is C17H26IN5O. The van der Waals surface area contributed by atoms with Gasteiger partial charge in [-0.05, 0) is 43.5 Å². The van der Waals surface area contributed by atoms with Crippen molar-refractivity contribution in [3.8, 4) is 5.88 Å². The van der Waals surface area contributed by atoms with E-state index in [1.165, 1.54) is 11.1 Å². The molecule has 6 nitrogen and oxygen atoms in total. The van der Waals surface area contributed by atoms with Crippen molar-refractivity contribution in [2.24, 2.45) is 17.8 Å². The van der Waals surface area contributed by atoms with Crippen LogP contribution in [0.5, 0.6) is 5.88 Å². The van der Waals surface area contributed by atoms with Crippen LogP contribution in [0.2, 0.25) is 0 Å². The summed E-state index contributed by atoms with van der Waals surface area (Å²) in [4.78, 5) is 4.42. The third kappa shape index (κ3) is 4.62. The third-order valence-electron chi connectivity index (χ3n) is 3.89. The number of nitrogens with two attached hydrogens (primary N) is 1. The number of anilines is 1. The molecule has 0 aliphatic heterocycles. The highest BCUT2D eigenvalue weighted by Crippen LogP contribution is 2.23. The highest BCUT2D eigenvalue weighted by molar-refractivity contribution is 14.0. The minimum Gasteiger partial charge on any atom is -0.481 e. The highest BCUT2D eigenvalue weighted by Gasteiger charge is 2.15. The standard InChI is InChI=1S/C17H25N5O.HI/c1-6-15-14(16(23-5)22(4)21-15)10-19-17(18)20-13-8-7-11(2)12(3)9-13;/h7-9H,6,10H2,1-5H3,(H3,18,19,20);1H. The van der Waals surface area contributed by atoms with Gasteiger partial charge in [0.05, 0.1) is 24.9 Å². The molecule has 1 heterocycles. The van der Waals surface area contributed by atoms with Crippen molar-refractivity contribution in [2.45, 2.75) is 33.7 Å². The van der Waals surface area contributed by atoms with Gasteiger partial charge in [0.25, 0.3) is 0 Å². The van der Waals surface area contributed by atoms with E-state index < -0.39 is 0 Å². The molecule has 0 atom stereocenters. The molecule has 0 saturated carbocycles. The molecule has 132 valence electrons. The molecule has 0 bridgehead atoms. The molecule has 2 rings (SSSR count). The Bertz CT molecular complexity index is 724. The molecule has 7 heteroatoms. The number of aromatic nitrogens is 2. The molecule has 24 heavy (non-hydrogen) atoms. The van der Waals surface area contributed by atoms with Gasteiger partial charge in [0, 0.05) is 12.7 Å². The number of ether oxygens (including phenoxy) is 1. The fourth-order valence-corrected chi connectivity index (χ4v) is 2.47. The number of methoxy groups -OCH3 is 1. The SMILES string of the molecule is CCc1nn(C)c(OC)c1CN=C(N)Nc1ccc(C)c(C)c1.I. The van der Waals surface area contributed by atoms with Crippen LogP contribution in [0.25, 0.3) is 0 Å². The van der Waals surface area contributed by atoms with Gasteiger partial charge in [-0.2, -0.15) is 5.10 Å². The fourth-order valence-electron chi connectivity index (χ4n) is 2.47. The Labute approximate surface area is 160 Å². The molecular weight excluding hydrogens is 417 g/mol. The highest BCUT2D eigenvalue weighted by atomic mass is 127. The van der Waals surface area contributed by atoms with E-state index in [1.807, 2.05) is 13.1 Å². The van der Waals surface area contributed by atoms with Crippen LogP contribution in [0.4, 0.5) is 5.69 Å². The smallest absolute Gasteiger partial charge is 0.216 e. The molecule has 0 aliphatic carbocycles. The van der Waals surface area contributed by atoms with Crippen molar-refractivity contribution in [3.05, 3.63) is 40.6 Å². The topological polar surface area (TPSA) is 77.5 Å². The molecule has 0 radical (unpaired) electrons. The summed E-state index contributed by atoms with van der Waals surface area (Å²) in [5, 5.41) is 7.57. The van der Waals surface area contributed by atoms with E-state index in [0.29, 0.717) is 12.5 Å². The molecule has 0 unspecified atom stereocenters. The van der Waals surface area contributed by atoms with Crippen LogP contribution in [0.1, 0.15) is 29.3 Å². The number of aliphatic imine (C=N–C) groups is 1. The summed E-state index contributed by atoms with van der Waals surface area (Å²) in [5.74, 6) is 1.10. The first-order chi connectivity index (χ1) is 11.0. The average molecular weight is 443 g/mol. The van der Waals surface area contributed by atoms with Crippen molar-refractivity contribution < 1.29 is 4.74 Å². The van der Waals surface area contributed by atoms with Crippen molar-refractivity contribution in [2.75, 3.05) is 12.4 Å². The maximum Gasteiger partial charge on any atom is 0.216 e. The van der Waals surface area contributed by atoms with Gasteiger partial charge in [-0.15, -0.1) is 24.0 Å². The molecule has 0 spiro atoms. The van der Waals surface area contributed by atoms with Crippen molar-refractivity contribution in [1.82, 2.24) is 9.78 Å². The predicted octanol–water partition coefficient (Wildman–Crippen LogP) is 3.15. The zero-order valence-electron chi connectivity index (χ0n) is 14.9. The Morgan fingerprint density at radius 3 is 2.62 bits per heavy atom. The van der Waals surface area contributed by atoms with Crippen LogP contribution in [-0.4, -0.2) is 22.8 Å². The number of aryl methyl sites for hydroxylation is 4. The van der Waals surface area contributed by atoms with Crippen LogP contribution in [0.15, 0.2) is 23.2 Å². The molecule has 3 N–H and O–H groups in total. The normalized spacial score (nSPS) is 11.1. The van der Waals surface area contributed by atoms with Gasteiger partial charge >= 0.3 is 0 Å². The molecule has 1 aromatic heterocycles. The number of hydrogen-bond donors (Lipinski definition) is 2. The Hall–Kier alpha value is -1.77. The first-order valence-electron chi connectivity index (χ1n) is 7.69. The maximum absolute atomic E-state index is 6.00. The lowest BCUT2D eigenvalue weighted by Gasteiger charge is -2.08. The fraction of sp³-hybridized carbons (Fsp3) is 0.412. The van der Waals surface area contributed by atoms with E-state index in [0.717, 1.165) is 29.2 Å². The molecule has 0 amide bonds. The molecule has 0 aliphatic rings. The quantitative estimate of drug-likeness (QED) is 0.423. The van der Waals surface area contributed by atoms with E-state index in [1.54, 1.807) is 11.8 Å².